The lowest BCUT2D eigenvalue weighted by molar-refractivity contribution is 0.252. The molecule has 102 valence electrons. The normalized spacial score (nSPS) is 26.7. The zero-order chi connectivity index (χ0) is 13.1. The highest BCUT2D eigenvalue weighted by Crippen LogP contribution is 2.23. The van der Waals surface area contributed by atoms with Crippen LogP contribution >= 0.6 is 0 Å². The first-order chi connectivity index (χ1) is 7.86. The van der Waals surface area contributed by atoms with Crippen LogP contribution in [0.25, 0.3) is 0 Å². The summed E-state index contributed by atoms with van der Waals surface area (Å²) in [5.41, 5.74) is 0. The van der Waals surface area contributed by atoms with Gasteiger partial charge >= 0.3 is 0 Å². The lowest BCUT2D eigenvalue weighted by atomic mass is 9.91. The maximum atomic E-state index is 12.0. The molecule has 0 saturated heterocycles. The Hall–Kier alpha value is -0.170. The van der Waals surface area contributed by atoms with Crippen molar-refractivity contribution < 1.29 is 8.42 Å². The van der Waals surface area contributed by atoms with E-state index in [9.17, 15) is 8.42 Å². The highest BCUT2D eigenvalue weighted by Gasteiger charge is 2.30. The minimum atomic E-state index is -3.32. The van der Waals surface area contributed by atoms with E-state index >= 15 is 0 Å². The summed E-state index contributed by atoms with van der Waals surface area (Å²) in [5.74, 6) is 0. The van der Waals surface area contributed by atoms with Gasteiger partial charge in [-0.1, -0.05) is 0 Å². The van der Waals surface area contributed by atoms with Crippen LogP contribution in [0.4, 0.5) is 0 Å². The third-order valence-corrected chi connectivity index (χ3v) is 5.21. The molecule has 0 spiro atoms. The van der Waals surface area contributed by atoms with Gasteiger partial charge in [-0.2, -0.15) is 17.4 Å². The minimum absolute atomic E-state index is 0.0592. The van der Waals surface area contributed by atoms with Crippen LogP contribution in [-0.4, -0.2) is 44.9 Å². The fourth-order valence-corrected chi connectivity index (χ4v) is 3.67. The fraction of sp³-hybridized carbons (Fsp3) is 1.00. The van der Waals surface area contributed by atoms with E-state index in [-0.39, 0.29) is 12.1 Å². The summed E-state index contributed by atoms with van der Waals surface area (Å²) >= 11 is 0. The van der Waals surface area contributed by atoms with E-state index in [0.717, 1.165) is 25.7 Å². The van der Waals surface area contributed by atoms with Crippen molar-refractivity contribution in [2.45, 2.75) is 57.7 Å². The molecule has 0 aromatic carbocycles. The first-order valence-electron chi connectivity index (χ1n) is 6.29. The van der Waals surface area contributed by atoms with Gasteiger partial charge in [0.15, 0.2) is 0 Å². The highest BCUT2D eigenvalue weighted by molar-refractivity contribution is 7.87. The minimum Gasteiger partial charge on any atom is -0.317 e. The first-order valence-corrected chi connectivity index (χ1v) is 7.73. The monoisotopic (exact) mass is 263 g/mol. The molecule has 0 aromatic heterocycles. The summed E-state index contributed by atoms with van der Waals surface area (Å²) in [6, 6.07) is 0.618. The zero-order valence-corrected chi connectivity index (χ0v) is 12.0. The van der Waals surface area contributed by atoms with E-state index in [1.165, 1.54) is 4.31 Å². The average Bonchev–Trinajstić information content (AvgIpc) is 2.26. The SMILES string of the molecule is CNC1CCC(N(C)S(=O)(=O)NC(C)C)CC1. The summed E-state index contributed by atoms with van der Waals surface area (Å²) in [6.07, 6.45) is 3.95. The highest BCUT2D eigenvalue weighted by atomic mass is 32.2. The molecule has 1 fully saturated rings. The molecule has 0 unspecified atom stereocenters. The lowest BCUT2D eigenvalue weighted by Crippen LogP contribution is -2.48. The van der Waals surface area contributed by atoms with Gasteiger partial charge in [-0.15, -0.1) is 0 Å². The van der Waals surface area contributed by atoms with Crippen LogP contribution in [0.1, 0.15) is 39.5 Å². The summed E-state index contributed by atoms with van der Waals surface area (Å²) in [6.45, 7) is 3.67. The van der Waals surface area contributed by atoms with Gasteiger partial charge in [0.25, 0.3) is 10.2 Å². The van der Waals surface area contributed by atoms with Crippen LogP contribution < -0.4 is 10.0 Å². The molecule has 1 aliphatic carbocycles. The Morgan fingerprint density at radius 3 is 2.12 bits per heavy atom. The molecule has 0 heterocycles. The van der Waals surface area contributed by atoms with Crippen molar-refractivity contribution in [1.82, 2.24) is 14.3 Å². The smallest absolute Gasteiger partial charge is 0.279 e. The van der Waals surface area contributed by atoms with Gasteiger partial charge in [0.1, 0.15) is 0 Å². The number of hydrogen-bond donors (Lipinski definition) is 2. The Bertz CT molecular complexity index is 322. The Morgan fingerprint density at radius 1 is 1.18 bits per heavy atom. The van der Waals surface area contributed by atoms with Crippen LogP contribution in [0, 0.1) is 0 Å². The van der Waals surface area contributed by atoms with Crippen LogP contribution in [0.2, 0.25) is 0 Å². The van der Waals surface area contributed by atoms with Gasteiger partial charge in [0, 0.05) is 25.2 Å². The number of rotatable bonds is 5. The molecule has 0 radical (unpaired) electrons. The summed E-state index contributed by atoms with van der Waals surface area (Å²) in [4.78, 5) is 0. The molecule has 0 aromatic rings. The largest absolute Gasteiger partial charge is 0.317 e. The van der Waals surface area contributed by atoms with E-state index in [1.54, 1.807) is 7.05 Å². The molecule has 0 aliphatic heterocycles. The quantitative estimate of drug-likeness (QED) is 0.767. The Labute approximate surface area is 105 Å². The van der Waals surface area contributed by atoms with Crippen molar-refractivity contribution in [2.75, 3.05) is 14.1 Å². The van der Waals surface area contributed by atoms with Crippen molar-refractivity contribution in [1.29, 1.82) is 0 Å². The number of nitrogens with zero attached hydrogens (tertiary/aromatic N) is 1. The molecule has 6 heteroatoms. The van der Waals surface area contributed by atoms with E-state index in [4.69, 9.17) is 0 Å². The Morgan fingerprint density at radius 2 is 1.71 bits per heavy atom. The van der Waals surface area contributed by atoms with Crippen LogP contribution in [0.15, 0.2) is 0 Å². The maximum absolute atomic E-state index is 12.0. The maximum Gasteiger partial charge on any atom is 0.279 e. The van der Waals surface area contributed by atoms with Gasteiger partial charge in [-0.25, -0.2) is 0 Å². The van der Waals surface area contributed by atoms with E-state index < -0.39 is 10.2 Å². The van der Waals surface area contributed by atoms with Crippen molar-refractivity contribution in [3.05, 3.63) is 0 Å². The first kappa shape index (κ1) is 14.9. The van der Waals surface area contributed by atoms with E-state index in [2.05, 4.69) is 10.0 Å². The topological polar surface area (TPSA) is 61.4 Å². The second kappa shape index (κ2) is 6.13. The number of nitrogens with one attached hydrogen (secondary N) is 2. The van der Waals surface area contributed by atoms with E-state index in [1.807, 2.05) is 20.9 Å². The van der Waals surface area contributed by atoms with Crippen LogP contribution in [0.5, 0.6) is 0 Å². The molecular weight excluding hydrogens is 238 g/mol. The molecule has 2 N–H and O–H groups in total. The van der Waals surface area contributed by atoms with Crippen molar-refractivity contribution in [3.63, 3.8) is 0 Å². The molecule has 5 nitrogen and oxygen atoms in total. The van der Waals surface area contributed by atoms with Gasteiger partial charge in [0.05, 0.1) is 0 Å². The standard InChI is InChI=1S/C11H25N3O2S/c1-9(2)13-17(15,16)14(4)11-7-5-10(12-3)6-8-11/h9-13H,5-8H2,1-4H3. The zero-order valence-electron chi connectivity index (χ0n) is 11.2. The fourth-order valence-electron chi connectivity index (χ4n) is 2.31. The van der Waals surface area contributed by atoms with Gasteiger partial charge in [-0.3, -0.25) is 0 Å². The Balaban J connectivity index is 2.56. The van der Waals surface area contributed by atoms with Crippen molar-refractivity contribution in [2.24, 2.45) is 0 Å². The molecule has 0 amide bonds. The van der Waals surface area contributed by atoms with Crippen molar-refractivity contribution >= 4 is 10.2 Å². The molecule has 17 heavy (non-hydrogen) atoms. The lowest BCUT2D eigenvalue weighted by Gasteiger charge is -2.34. The van der Waals surface area contributed by atoms with Gasteiger partial charge < -0.3 is 5.32 Å². The van der Waals surface area contributed by atoms with Crippen LogP contribution in [-0.2, 0) is 10.2 Å². The predicted octanol–water partition coefficient (Wildman–Crippen LogP) is 0.692. The number of hydrogen-bond acceptors (Lipinski definition) is 3. The second-order valence-electron chi connectivity index (χ2n) is 5.09. The van der Waals surface area contributed by atoms with Crippen molar-refractivity contribution in [3.8, 4) is 0 Å². The predicted molar refractivity (Wildman–Crippen MR) is 70.1 cm³/mol. The van der Waals surface area contributed by atoms with E-state index in [0.29, 0.717) is 6.04 Å². The van der Waals surface area contributed by atoms with Gasteiger partial charge in [-0.05, 0) is 46.6 Å². The molecule has 1 aliphatic rings. The summed E-state index contributed by atoms with van der Waals surface area (Å²) in [5, 5.41) is 3.25. The molecule has 1 saturated carbocycles. The third-order valence-electron chi connectivity index (χ3n) is 3.38. The summed E-state index contributed by atoms with van der Waals surface area (Å²) < 4.78 is 28.1. The average molecular weight is 263 g/mol. The molecule has 0 atom stereocenters. The molecule has 0 bridgehead atoms. The summed E-state index contributed by atoms with van der Waals surface area (Å²) in [7, 11) is 0.319. The molecule has 1 rings (SSSR count). The van der Waals surface area contributed by atoms with Gasteiger partial charge in [0.2, 0.25) is 0 Å². The third kappa shape index (κ3) is 4.21. The molecular formula is C11H25N3O2S. The second-order valence-corrected chi connectivity index (χ2v) is 6.85. The Kier molecular flexibility index (Phi) is 5.37. The van der Waals surface area contributed by atoms with Crippen LogP contribution in [0.3, 0.4) is 0 Å².